The lowest BCUT2D eigenvalue weighted by Crippen LogP contribution is -2.42. The molecule has 3 nitrogen and oxygen atoms in total. The van der Waals surface area contributed by atoms with Crippen LogP contribution in [0.25, 0.3) is 16.5 Å². The molecule has 0 aliphatic heterocycles. The first kappa shape index (κ1) is 16.8. The van der Waals surface area contributed by atoms with E-state index in [4.69, 9.17) is 4.43 Å². The first-order valence-electron chi connectivity index (χ1n) is 9.20. The molecule has 1 aromatic heterocycles. The highest BCUT2D eigenvalue weighted by atomic mass is 28.4. The standard InChI is InChI=1S/C21H27NO2Si/c1-21(2,3)25(4,5)24-18-11-13-10-14(23)12-16(13)19-15-8-6-7-9-17(15)22-20(18)19/h6-9,12-13,18,22H,10-11H2,1-5H3/t13-,18+/m0/s1. The lowest BCUT2D eigenvalue weighted by atomic mass is 9.82. The van der Waals surface area contributed by atoms with Crippen molar-refractivity contribution in [1.82, 2.24) is 4.98 Å². The van der Waals surface area contributed by atoms with Gasteiger partial charge in [0.1, 0.15) is 0 Å². The molecule has 2 aromatic rings. The van der Waals surface area contributed by atoms with Gasteiger partial charge in [-0.3, -0.25) is 4.79 Å². The number of fused-ring (bicyclic) bond motifs is 5. The first-order valence-corrected chi connectivity index (χ1v) is 12.1. The maximum Gasteiger partial charge on any atom is 0.192 e. The van der Waals surface area contributed by atoms with Crippen molar-refractivity contribution >= 4 is 30.6 Å². The molecule has 0 radical (unpaired) electrons. The Hall–Kier alpha value is -1.65. The number of aromatic amines is 1. The van der Waals surface area contributed by atoms with Crippen LogP contribution in [0, 0.1) is 5.92 Å². The van der Waals surface area contributed by atoms with Crippen molar-refractivity contribution in [3.8, 4) is 0 Å². The third-order valence-corrected chi connectivity index (χ3v) is 10.8. The SMILES string of the molecule is CC(C)(C)[Si](C)(C)O[C@@H]1C[C@@H]2CC(=O)C=C2c2c1[nH]c1ccccc21. The van der Waals surface area contributed by atoms with Crippen LogP contribution in [0.1, 0.15) is 51.0 Å². The van der Waals surface area contributed by atoms with Crippen molar-refractivity contribution in [2.45, 2.75) is 57.8 Å². The third kappa shape index (κ3) is 2.63. The smallest absolute Gasteiger partial charge is 0.192 e. The van der Waals surface area contributed by atoms with Crippen LogP contribution in [0.3, 0.4) is 0 Å². The van der Waals surface area contributed by atoms with Crippen LogP contribution in [-0.4, -0.2) is 19.1 Å². The summed E-state index contributed by atoms with van der Waals surface area (Å²) in [6.45, 7) is 11.4. The van der Waals surface area contributed by atoms with E-state index in [-0.39, 0.29) is 16.9 Å². The topological polar surface area (TPSA) is 42.1 Å². The molecule has 4 heteroatoms. The van der Waals surface area contributed by atoms with E-state index >= 15 is 0 Å². The van der Waals surface area contributed by atoms with Crippen LogP contribution < -0.4 is 0 Å². The summed E-state index contributed by atoms with van der Waals surface area (Å²) in [6.07, 6.45) is 3.46. The zero-order valence-electron chi connectivity index (χ0n) is 15.8. The predicted octanol–water partition coefficient (Wildman–Crippen LogP) is 5.61. The molecular weight excluding hydrogens is 326 g/mol. The Morgan fingerprint density at radius 3 is 2.64 bits per heavy atom. The number of ketones is 1. The van der Waals surface area contributed by atoms with Gasteiger partial charge in [-0.05, 0) is 48.2 Å². The van der Waals surface area contributed by atoms with Gasteiger partial charge in [-0.2, -0.15) is 0 Å². The maximum absolute atomic E-state index is 12.1. The Kier molecular flexibility index (Phi) is 3.64. The number of carbonyl (C=O) groups is 1. The predicted molar refractivity (Wildman–Crippen MR) is 105 cm³/mol. The van der Waals surface area contributed by atoms with E-state index in [1.165, 1.54) is 22.2 Å². The number of hydrogen-bond acceptors (Lipinski definition) is 2. The molecule has 0 saturated heterocycles. The van der Waals surface area contributed by atoms with E-state index in [0.29, 0.717) is 12.3 Å². The molecule has 25 heavy (non-hydrogen) atoms. The Bertz CT molecular complexity index is 885. The molecule has 4 rings (SSSR count). The van der Waals surface area contributed by atoms with Crippen molar-refractivity contribution in [2.24, 2.45) is 5.92 Å². The Labute approximate surface area is 150 Å². The molecule has 0 unspecified atom stereocenters. The molecule has 0 amide bonds. The lowest BCUT2D eigenvalue weighted by molar-refractivity contribution is -0.114. The zero-order chi connectivity index (χ0) is 18.0. The van der Waals surface area contributed by atoms with Gasteiger partial charge >= 0.3 is 0 Å². The highest BCUT2D eigenvalue weighted by molar-refractivity contribution is 6.74. The summed E-state index contributed by atoms with van der Waals surface area (Å²) < 4.78 is 6.81. The van der Waals surface area contributed by atoms with Crippen molar-refractivity contribution in [3.63, 3.8) is 0 Å². The van der Waals surface area contributed by atoms with Crippen LogP contribution >= 0.6 is 0 Å². The number of benzene rings is 1. The highest BCUT2D eigenvalue weighted by Crippen LogP contribution is 2.51. The van der Waals surface area contributed by atoms with Gasteiger partial charge in [-0.1, -0.05) is 39.0 Å². The van der Waals surface area contributed by atoms with E-state index in [1.807, 2.05) is 6.08 Å². The number of allylic oxidation sites excluding steroid dienone is 2. The number of carbonyl (C=O) groups excluding carboxylic acids is 1. The number of nitrogens with one attached hydrogen (secondary N) is 1. The summed E-state index contributed by atoms with van der Waals surface area (Å²) in [5.74, 6) is 0.554. The Morgan fingerprint density at radius 1 is 1.20 bits per heavy atom. The van der Waals surface area contributed by atoms with Crippen LogP contribution in [0.4, 0.5) is 0 Å². The molecule has 0 bridgehead atoms. The monoisotopic (exact) mass is 353 g/mol. The molecule has 0 fully saturated rings. The van der Waals surface area contributed by atoms with E-state index in [0.717, 1.165) is 11.9 Å². The minimum absolute atomic E-state index is 0.0522. The number of H-pyrrole nitrogens is 1. The second kappa shape index (κ2) is 5.42. The minimum atomic E-state index is -1.90. The Balaban J connectivity index is 1.84. The minimum Gasteiger partial charge on any atom is -0.408 e. The van der Waals surface area contributed by atoms with Gasteiger partial charge in [-0.15, -0.1) is 0 Å². The van der Waals surface area contributed by atoms with E-state index in [2.05, 4.69) is 63.1 Å². The quantitative estimate of drug-likeness (QED) is 0.713. The van der Waals surface area contributed by atoms with Gasteiger partial charge in [0.2, 0.25) is 0 Å². The van der Waals surface area contributed by atoms with Crippen LogP contribution in [0.5, 0.6) is 0 Å². The fraction of sp³-hybridized carbons (Fsp3) is 0.476. The molecule has 2 atom stereocenters. The average Bonchev–Trinajstić information content (AvgIpc) is 3.05. The maximum atomic E-state index is 12.1. The van der Waals surface area contributed by atoms with Crippen LogP contribution in [-0.2, 0) is 9.22 Å². The summed E-state index contributed by atoms with van der Waals surface area (Å²) >= 11 is 0. The second-order valence-electron chi connectivity index (χ2n) is 9.03. The molecule has 1 heterocycles. The molecule has 0 spiro atoms. The largest absolute Gasteiger partial charge is 0.408 e. The van der Waals surface area contributed by atoms with E-state index < -0.39 is 8.32 Å². The van der Waals surface area contributed by atoms with Gasteiger partial charge in [0.15, 0.2) is 14.1 Å². The summed E-state index contributed by atoms with van der Waals surface area (Å²) in [7, 11) is -1.90. The Morgan fingerprint density at radius 2 is 1.92 bits per heavy atom. The van der Waals surface area contributed by atoms with Crippen molar-refractivity contribution in [3.05, 3.63) is 41.6 Å². The van der Waals surface area contributed by atoms with Crippen LogP contribution in [0.2, 0.25) is 18.1 Å². The second-order valence-corrected chi connectivity index (χ2v) is 13.8. The third-order valence-electron chi connectivity index (χ3n) is 6.29. The summed E-state index contributed by atoms with van der Waals surface area (Å²) in [5.41, 5.74) is 4.74. The van der Waals surface area contributed by atoms with Gasteiger partial charge in [0, 0.05) is 22.9 Å². The summed E-state index contributed by atoms with van der Waals surface area (Å²) in [4.78, 5) is 15.7. The van der Waals surface area contributed by atoms with E-state index in [9.17, 15) is 4.79 Å². The highest BCUT2D eigenvalue weighted by Gasteiger charge is 2.44. The molecule has 2 aliphatic carbocycles. The van der Waals surface area contributed by atoms with Gasteiger partial charge in [-0.25, -0.2) is 0 Å². The molecule has 2 aliphatic rings. The molecule has 132 valence electrons. The normalized spacial score (nSPS) is 23.6. The van der Waals surface area contributed by atoms with Crippen molar-refractivity contribution in [2.75, 3.05) is 0 Å². The number of aromatic nitrogens is 1. The van der Waals surface area contributed by atoms with Gasteiger partial charge in [0.05, 0.1) is 11.8 Å². The molecule has 0 saturated carbocycles. The van der Waals surface area contributed by atoms with Gasteiger partial charge < -0.3 is 9.41 Å². The van der Waals surface area contributed by atoms with Gasteiger partial charge in [0.25, 0.3) is 0 Å². The average molecular weight is 354 g/mol. The molecule has 1 N–H and O–H groups in total. The first-order chi connectivity index (χ1) is 11.7. The fourth-order valence-corrected chi connectivity index (χ4v) is 5.20. The summed E-state index contributed by atoms with van der Waals surface area (Å²) in [6, 6.07) is 8.39. The van der Waals surface area contributed by atoms with E-state index in [1.54, 1.807) is 0 Å². The lowest BCUT2D eigenvalue weighted by Gasteiger charge is -2.41. The van der Waals surface area contributed by atoms with Crippen molar-refractivity contribution in [1.29, 1.82) is 0 Å². The number of rotatable bonds is 2. The molecule has 1 aromatic carbocycles. The summed E-state index contributed by atoms with van der Waals surface area (Å²) in [5, 5.41) is 1.38. The fourth-order valence-electron chi connectivity index (χ4n) is 3.92. The number of para-hydroxylation sites is 1. The van der Waals surface area contributed by atoms with Crippen LogP contribution in [0.15, 0.2) is 30.3 Å². The molecular formula is C21H27NO2Si. The van der Waals surface area contributed by atoms with Crippen molar-refractivity contribution < 1.29 is 9.22 Å². The zero-order valence-corrected chi connectivity index (χ0v) is 16.8. The number of hydrogen-bond donors (Lipinski definition) is 1.